The van der Waals surface area contributed by atoms with Gasteiger partial charge in [0.25, 0.3) is 0 Å². The number of nitrogens with two attached hydrogens (primary N) is 2. The van der Waals surface area contributed by atoms with E-state index in [1.165, 1.54) is 10.6 Å². The van der Waals surface area contributed by atoms with E-state index in [1.807, 2.05) is 11.8 Å². The van der Waals surface area contributed by atoms with Crippen molar-refractivity contribution >= 4 is 27.6 Å². The third-order valence-corrected chi connectivity index (χ3v) is 5.75. The maximum absolute atomic E-state index is 11.8. The van der Waals surface area contributed by atoms with Gasteiger partial charge in [-0.3, -0.25) is 0 Å². The quantitative estimate of drug-likeness (QED) is 0.691. The van der Waals surface area contributed by atoms with E-state index >= 15 is 0 Å². The largest absolute Gasteiger partial charge is 0.384 e. The van der Waals surface area contributed by atoms with Crippen LogP contribution in [0.5, 0.6) is 0 Å². The van der Waals surface area contributed by atoms with Crippen LogP contribution in [0.25, 0.3) is 0 Å². The molecule has 0 bridgehead atoms. The maximum Gasteiger partial charge on any atom is 0.222 e. The molecular weight excluding hydrogens is 378 g/mol. The first kappa shape index (κ1) is 19.9. The zero-order chi connectivity index (χ0) is 20.3. The Morgan fingerprint density at radius 1 is 1.11 bits per heavy atom. The monoisotopic (exact) mass is 401 g/mol. The molecule has 0 atom stereocenters. The van der Waals surface area contributed by atoms with Gasteiger partial charge in [0, 0.05) is 37.9 Å². The van der Waals surface area contributed by atoms with Crippen LogP contribution >= 0.6 is 0 Å². The van der Waals surface area contributed by atoms with Gasteiger partial charge in [0.15, 0.2) is 0 Å². The molecule has 148 valence electrons. The molecule has 0 saturated carbocycles. The number of piperazine rings is 1. The van der Waals surface area contributed by atoms with Gasteiger partial charge < -0.3 is 16.4 Å². The first-order valence-corrected chi connectivity index (χ1v) is 10.7. The molecule has 1 aliphatic rings. The Bertz CT molecular complexity index is 1020. The van der Waals surface area contributed by atoms with Gasteiger partial charge in [0.1, 0.15) is 11.6 Å². The minimum atomic E-state index is -3.21. The van der Waals surface area contributed by atoms with E-state index in [0.717, 1.165) is 11.3 Å². The second-order valence-corrected chi connectivity index (χ2v) is 8.43. The van der Waals surface area contributed by atoms with E-state index in [4.69, 9.17) is 11.5 Å². The molecule has 0 aromatic carbocycles. The van der Waals surface area contributed by atoms with Crippen LogP contribution in [0.1, 0.15) is 23.7 Å². The highest BCUT2D eigenvalue weighted by Crippen LogP contribution is 2.23. The van der Waals surface area contributed by atoms with Crippen LogP contribution < -0.4 is 16.4 Å². The van der Waals surface area contributed by atoms with Gasteiger partial charge in [0.2, 0.25) is 16.0 Å². The number of pyridine rings is 1. The fourth-order valence-electron chi connectivity index (χ4n) is 2.97. The summed E-state index contributed by atoms with van der Waals surface area (Å²) in [7, 11) is -3.21. The first-order chi connectivity index (χ1) is 13.3. The zero-order valence-corrected chi connectivity index (χ0v) is 16.7. The molecule has 0 amide bonds. The second kappa shape index (κ2) is 8.00. The van der Waals surface area contributed by atoms with E-state index in [9.17, 15) is 8.42 Å². The average molecular weight is 401 g/mol. The van der Waals surface area contributed by atoms with Gasteiger partial charge in [-0.2, -0.15) is 9.29 Å². The number of sulfonamides is 1. The lowest BCUT2D eigenvalue weighted by Crippen LogP contribution is -2.49. The average Bonchev–Trinajstić information content (AvgIpc) is 2.67. The molecule has 0 spiro atoms. The molecular formula is C18H23N7O2S. The smallest absolute Gasteiger partial charge is 0.222 e. The number of aryl methyl sites for hydroxylation is 1. The molecule has 4 N–H and O–H groups in total. The number of anilines is 3. The van der Waals surface area contributed by atoms with Crippen LogP contribution in [0.3, 0.4) is 0 Å². The summed E-state index contributed by atoms with van der Waals surface area (Å²) in [5.41, 5.74) is 13.7. The topological polar surface area (TPSA) is 131 Å². The Balaban J connectivity index is 1.95. The van der Waals surface area contributed by atoms with Gasteiger partial charge in [-0.1, -0.05) is 18.8 Å². The summed E-state index contributed by atoms with van der Waals surface area (Å²) in [5, 5.41) is 0. The predicted octanol–water partition coefficient (Wildman–Crippen LogP) is 0.0798. The van der Waals surface area contributed by atoms with Crippen molar-refractivity contribution in [1.82, 2.24) is 19.3 Å². The molecule has 3 rings (SSSR count). The van der Waals surface area contributed by atoms with E-state index in [2.05, 4.69) is 26.8 Å². The van der Waals surface area contributed by atoms with Crippen molar-refractivity contribution < 1.29 is 8.42 Å². The highest BCUT2D eigenvalue weighted by atomic mass is 32.2. The van der Waals surface area contributed by atoms with E-state index < -0.39 is 10.0 Å². The highest BCUT2D eigenvalue weighted by molar-refractivity contribution is 7.88. The lowest BCUT2D eigenvalue weighted by molar-refractivity contribution is 0.387. The standard InChI is InChI=1S/C18H23N7O2S/c1-3-15-14(6-4-13-5-7-16(19)21-12-13)17(23-18(20)22-15)24-8-10-25(11-9-24)28(2,26)27/h5,7,12H,3,8-11H2,1-2H3,(H2,19,21)(H2,20,22,23). The van der Waals surface area contributed by atoms with Gasteiger partial charge in [-0.15, -0.1) is 0 Å². The SMILES string of the molecule is CCc1nc(N)nc(N2CCN(S(C)(=O)=O)CC2)c1C#Cc1ccc(N)nc1. The van der Waals surface area contributed by atoms with Gasteiger partial charge >= 0.3 is 0 Å². The van der Waals surface area contributed by atoms with Crippen LogP contribution in [0.4, 0.5) is 17.6 Å². The first-order valence-electron chi connectivity index (χ1n) is 8.88. The Morgan fingerprint density at radius 2 is 1.82 bits per heavy atom. The van der Waals surface area contributed by atoms with Crippen LogP contribution in [-0.4, -0.2) is 60.1 Å². The summed E-state index contributed by atoms with van der Waals surface area (Å²) in [6, 6.07) is 3.49. The van der Waals surface area contributed by atoms with Crippen molar-refractivity contribution in [2.75, 3.05) is 48.8 Å². The second-order valence-electron chi connectivity index (χ2n) is 6.45. The maximum atomic E-state index is 11.8. The Morgan fingerprint density at radius 3 is 2.39 bits per heavy atom. The third-order valence-electron chi connectivity index (χ3n) is 4.44. The van der Waals surface area contributed by atoms with E-state index in [0.29, 0.717) is 49.8 Å². The number of nitrogens with zero attached hydrogens (tertiary/aromatic N) is 5. The minimum Gasteiger partial charge on any atom is -0.384 e. The number of nitrogen functional groups attached to an aromatic ring is 2. The summed E-state index contributed by atoms with van der Waals surface area (Å²) in [6.45, 7) is 3.76. The lowest BCUT2D eigenvalue weighted by atomic mass is 10.1. The molecule has 1 aliphatic heterocycles. The Hall–Kier alpha value is -2.90. The Labute approximate surface area is 164 Å². The summed E-state index contributed by atoms with van der Waals surface area (Å²) in [4.78, 5) is 14.8. The lowest BCUT2D eigenvalue weighted by Gasteiger charge is -2.34. The summed E-state index contributed by atoms with van der Waals surface area (Å²) >= 11 is 0. The molecule has 28 heavy (non-hydrogen) atoms. The van der Waals surface area contributed by atoms with Crippen molar-refractivity contribution in [3.05, 3.63) is 35.2 Å². The fraction of sp³-hybridized carbons (Fsp3) is 0.389. The fourth-order valence-corrected chi connectivity index (χ4v) is 3.80. The number of aromatic nitrogens is 3. The van der Waals surface area contributed by atoms with E-state index in [1.54, 1.807) is 18.3 Å². The highest BCUT2D eigenvalue weighted by Gasteiger charge is 2.26. The molecule has 2 aromatic heterocycles. The molecule has 0 radical (unpaired) electrons. The van der Waals surface area contributed by atoms with Crippen LogP contribution in [-0.2, 0) is 16.4 Å². The minimum absolute atomic E-state index is 0.178. The molecule has 2 aromatic rings. The van der Waals surface area contributed by atoms with Gasteiger partial charge in [-0.05, 0) is 18.6 Å². The predicted molar refractivity (Wildman–Crippen MR) is 109 cm³/mol. The molecule has 1 saturated heterocycles. The molecule has 0 unspecified atom stereocenters. The molecule has 10 heteroatoms. The van der Waals surface area contributed by atoms with Gasteiger partial charge in [-0.25, -0.2) is 18.4 Å². The number of hydrogen-bond donors (Lipinski definition) is 2. The third kappa shape index (κ3) is 4.49. The van der Waals surface area contributed by atoms with Crippen molar-refractivity contribution in [2.45, 2.75) is 13.3 Å². The van der Waals surface area contributed by atoms with Crippen LogP contribution in [0.15, 0.2) is 18.3 Å². The zero-order valence-electron chi connectivity index (χ0n) is 15.9. The Kier molecular flexibility index (Phi) is 5.67. The van der Waals surface area contributed by atoms with Crippen molar-refractivity contribution in [2.24, 2.45) is 0 Å². The van der Waals surface area contributed by atoms with Crippen molar-refractivity contribution in [3.63, 3.8) is 0 Å². The molecule has 1 fully saturated rings. The summed E-state index contributed by atoms with van der Waals surface area (Å²) < 4.78 is 25.0. The summed E-state index contributed by atoms with van der Waals surface area (Å²) in [5.74, 6) is 7.46. The number of rotatable bonds is 3. The molecule has 0 aliphatic carbocycles. The normalized spacial score (nSPS) is 15.1. The van der Waals surface area contributed by atoms with Gasteiger partial charge in [0.05, 0.1) is 17.5 Å². The van der Waals surface area contributed by atoms with Crippen LogP contribution in [0, 0.1) is 11.8 Å². The van der Waals surface area contributed by atoms with Crippen LogP contribution in [0.2, 0.25) is 0 Å². The van der Waals surface area contributed by atoms with Crippen molar-refractivity contribution in [3.8, 4) is 11.8 Å². The van der Waals surface area contributed by atoms with Crippen molar-refractivity contribution in [1.29, 1.82) is 0 Å². The number of hydrogen-bond acceptors (Lipinski definition) is 8. The molecule has 3 heterocycles. The van der Waals surface area contributed by atoms with E-state index in [-0.39, 0.29) is 5.95 Å². The summed E-state index contributed by atoms with van der Waals surface area (Å²) in [6.07, 6.45) is 3.47. The molecule has 9 nitrogen and oxygen atoms in total.